The fourth-order valence-corrected chi connectivity index (χ4v) is 1.29. The Morgan fingerprint density at radius 3 is 2.06 bits per heavy atom. The molecule has 0 fully saturated rings. The Bertz CT molecular complexity index is 388. The monoisotopic (exact) mass is 267 g/mol. The van der Waals surface area contributed by atoms with Crippen molar-refractivity contribution in [1.82, 2.24) is 0 Å². The lowest BCUT2D eigenvalue weighted by Crippen LogP contribution is -2.19. The first-order valence-electron chi connectivity index (χ1n) is 5.55. The van der Waals surface area contributed by atoms with E-state index >= 15 is 0 Å². The standard InChI is InChI=1S/C10H11F4NO.C2H6/c1-5(2)7-3-6(15)4-8(11)9(7)16-10(12,13)14;1-2/h3-5H,15H2,1-2H3;1-2H3. The first-order valence-corrected chi connectivity index (χ1v) is 5.55. The molecule has 0 heterocycles. The second kappa shape index (κ2) is 6.47. The Kier molecular flexibility index (Phi) is 5.94. The van der Waals surface area contributed by atoms with Gasteiger partial charge >= 0.3 is 6.36 Å². The number of nitrogen functional groups attached to an aromatic ring is 1. The van der Waals surface area contributed by atoms with Crippen LogP contribution in [0.2, 0.25) is 0 Å². The van der Waals surface area contributed by atoms with Gasteiger partial charge in [-0.15, -0.1) is 13.2 Å². The molecule has 0 aliphatic carbocycles. The van der Waals surface area contributed by atoms with Gasteiger partial charge in [-0.05, 0) is 12.0 Å². The molecule has 0 amide bonds. The summed E-state index contributed by atoms with van der Waals surface area (Å²) in [5.41, 5.74) is 5.51. The van der Waals surface area contributed by atoms with E-state index in [2.05, 4.69) is 4.74 Å². The molecule has 0 radical (unpaired) electrons. The number of rotatable bonds is 2. The summed E-state index contributed by atoms with van der Waals surface area (Å²) in [6.07, 6.45) is -4.92. The highest BCUT2D eigenvalue weighted by molar-refractivity contribution is 5.50. The van der Waals surface area contributed by atoms with Crippen molar-refractivity contribution in [1.29, 1.82) is 0 Å². The van der Waals surface area contributed by atoms with Crippen LogP contribution in [-0.2, 0) is 0 Å². The van der Waals surface area contributed by atoms with Gasteiger partial charge in [0.15, 0.2) is 11.6 Å². The number of halogens is 4. The van der Waals surface area contributed by atoms with E-state index in [-0.39, 0.29) is 17.2 Å². The number of anilines is 1. The number of hydrogen-bond donors (Lipinski definition) is 1. The van der Waals surface area contributed by atoms with Gasteiger partial charge in [0.2, 0.25) is 0 Å². The van der Waals surface area contributed by atoms with Crippen LogP contribution >= 0.6 is 0 Å². The molecule has 0 aliphatic rings. The summed E-state index contributed by atoms with van der Waals surface area (Å²) < 4.78 is 53.1. The molecule has 104 valence electrons. The van der Waals surface area contributed by atoms with Gasteiger partial charge in [-0.1, -0.05) is 27.7 Å². The number of alkyl halides is 3. The Morgan fingerprint density at radius 2 is 1.67 bits per heavy atom. The molecule has 18 heavy (non-hydrogen) atoms. The van der Waals surface area contributed by atoms with E-state index in [0.29, 0.717) is 0 Å². The SMILES string of the molecule is CC.CC(C)c1cc(N)cc(F)c1OC(F)(F)F. The quantitative estimate of drug-likeness (QED) is 0.634. The maximum absolute atomic E-state index is 13.3. The topological polar surface area (TPSA) is 35.2 Å². The second-order valence-electron chi connectivity index (χ2n) is 3.62. The highest BCUT2D eigenvalue weighted by Crippen LogP contribution is 2.35. The van der Waals surface area contributed by atoms with Crippen LogP contribution in [0, 0.1) is 5.82 Å². The van der Waals surface area contributed by atoms with E-state index in [1.807, 2.05) is 13.8 Å². The third-order valence-electron chi connectivity index (χ3n) is 1.93. The van der Waals surface area contributed by atoms with Gasteiger partial charge in [0.05, 0.1) is 0 Å². The molecule has 0 aromatic heterocycles. The van der Waals surface area contributed by atoms with Crippen molar-refractivity contribution in [2.45, 2.75) is 40.0 Å². The predicted octanol–water partition coefficient (Wildman–Crippen LogP) is 4.46. The summed E-state index contributed by atoms with van der Waals surface area (Å²) in [6.45, 7) is 7.24. The largest absolute Gasteiger partial charge is 0.573 e. The minimum atomic E-state index is -4.92. The highest BCUT2D eigenvalue weighted by atomic mass is 19.4. The zero-order valence-electron chi connectivity index (χ0n) is 10.7. The van der Waals surface area contributed by atoms with E-state index in [1.54, 1.807) is 13.8 Å². The Morgan fingerprint density at radius 1 is 1.17 bits per heavy atom. The van der Waals surface area contributed by atoms with Gasteiger partial charge in [-0.2, -0.15) is 0 Å². The zero-order valence-corrected chi connectivity index (χ0v) is 10.7. The van der Waals surface area contributed by atoms with E-state index in [0.717, 1.165) is 6.07 Å². The summed E-state index contributed by atoms with van der Waals surface area (Å²) >= 11 is 0. The van der Waals surface area contributed by atoms with Gasteiger partial charge < -0.3 is 10.5 Å². The van der Waals surface area contributed by atoms with Crippen LogP contribution in [0.5, 0.6) is 5.75 Å². The predicted molar refractivity (Wildman–Crippen MR) is 62.9 cm³/mol. The molecule has 0 atom stereocenters. The maximum Gasteiger partial charge on any atom is 0.573 e. The van der Waals surface area contributed by atoms with E-state index in [4.69, 9.17) is 5.73 Å². The first kappa shape index (κ1) is 16.5. The molecule has 6 heteroatoms. The molecule has 0 spiro atoms. The van der Waals surface area contributed by atoms with Gasteiger partial charge in [-0.3, -0.25) is 0 Å². The number of hydrogen-bond acceptors (Lipinski definition) is 2. The van der Waals surface area contributed by atoms with Gasteiger partial charge in [0.1, 0.15) is 0 Å². The average molecular weight is 267 g/mol. The molecule has 1 aromatic rings. The minimum Gasteiger partial charge on any atom is -0.402 e. The molecule has 1 rings (SSSR count). The summed E-state index contributed by atoms with van der Waals surface area (Å²) in [7, 11) is 0. The van der Waals surface area contributed by atoms with Crippen molar-refractivity contribution in [3.63, 3.8) is 0 Å². The van der Waals surface area contributed by atoms with Crippen LogP contribution in [-0.4, -0.2) is 6.36 Å². The van der Waals surface area contributed by atoms with Crippen LogP contribution in [0.3, 0.4) is 0 Å². The van der Waals surface area contributed by atoms with Crippen LogP contribution in [0.25, 0.3) is 0 Å². The second-order valence-corrected chi connectivity index (χ2v) is 3.62. The molecule has 0 saturated carbocycles. The van der Waals surface area contributed by atoms with Crippen molar-refractivity contribution in [2.75, 3.05) is 5.73 Å². The fourth-order valence-electron chi connectivity index (χ4n) is 1.29. The zero-order chi connectivity index (χ0) is 14.5. The molecule has 0 saturated heterocycles. The van der Waals surface area contributed by atoms with E-state index < -0.39 is 17.9 Å². The van der Waals surface area contributed by atoms with Gasteiger partial charge in [0.25, 0.3) is 0 Å². The van der Waals surface area contributed by atoms with Gasteiger partial charge in [-0.25, -0.2) is 4.39 Å². The molecule has 0 aliphatic heterocycles. The summed E-state index contributed by atoms with van der Waals surface area (Å²) in [4.78, 5) is 0. The van der Waals surface area contributed by atoms with Crippen molar-refractivity contribution >= 4 is 5.69 Å². The van der Waals surface area contributed by atoms with Crippen molar-refractivity contribution < 1.29 is 22.3 Å². The number of nitrogens with two attached hydrogens (primary N) is 1. The van der Waals surface area contributed by atoms with Gasteiger partial charge in [0, 0.05) is 17.3 Å². The normalized spacial score (nSPS) is 10.9. The Labute approximate surface area is 104 Å². The first-order chi connectivity index (χ1) is 8.20. The van der Waals surface area contributed by atoms with Crippen molar-refractivity contribution in [2.24, 2.45) is 0 Å². The van der Waals surface area contributed by atoms with Crippen LogP contribution < -0.4 is 10.5 Å². The van der Waals surface area contributed by atoms with Crippen LogP contribution in [0.15, 0.2) is 12.1 Å². The maximum atomic E-state index is 13.3. The van der Waals surface area contributed by atoms with E-state index in [9.17, 15) is 17.6 Å². The van der Waals surface area contributed by atoms with Crippen molar-refractivity contribution in [3.05, 3.63) is 23.5 Å². The third kappa shape index (κ3) is 4.81. The smallest absolute Gasteiger partial charge is 0.402 e. The minimum absolute atomic E-state index is 0.0655. The van der Waals surface area contributed by atoms with Crippen LogP contribution in [0.4, 0.5) is 23.2 Å². The molecular formula is C12H17F4NO. The Balaban J connectivity index is 0.00000137. The fraction of sp³-hybridized carbons (Fsp3) is 0.500. The molecule has 1 aromatic carbocycles. The molecular weight excluding hydrogens is 250 g/mol. The summed E-state index contributed by atoms with van der Waals surface area (Å²) in [5, 5.41) is 0. The molecule has 0 bridgehead atoms. The summed E-state index contributed by atoms with van der Waals surface area (Å²) in [6, 6.07) is 2.07. The molecule has 2 nitrogen and oxygen atoms in total. The third-order valence-corrected chi connectivity index (χ3v) is 1.93. The van der Waals surface area contributed by atoms with Crippen molar-refractivity contribution in [3.8, 4) is 5.75 Å². The highest BCUT2D eigenvalue weighted by Gasteiger charge is 2.34. The lowest BCUT2D eigenvalue weighted by atomic mass is 10.0. The molecule has 0 unspecified atom stereocenters. The Hall–Kier alpha value is -1.46. The lowest BCUT2D eigenvalue weighted by molar-refractivity contribution is -0.275. The van der Waals surface area contributed by atoms with Crippen LogP contribution in [0.1, 0.15) is 39.2 Å². The summed E-state index contributed by atoms with van der Waals surface area (Å²) in [5.74, 6) is -2.24. The lowest BCUT2D eigenvalue weighted by Gasteiger charge is -2.16. The number of benzene rings is 1. The number of ether oxygens (including phenoxy) is 1. The molecule has 2 N–H and O–H groups in total. The van der Waals surface area contributed by atoms with E-state index in [1.165, 1.54) is 6.07 Å². The average Bonchev–Trinajstić information content (AvgIpc) is 2.22.